The van der Waals surface area contributed by atoms with Crippen LogP contribution in [0.2, 0.25) is 0 Å². The van der Waals surface area contributed by atoms with Gasteiger partial charge in [0.15, 0.2) is 62.9 Å². The van der Waals surface area contributed by atoms with Crippen LogP contribution in [0.3, 0.4) is 0 Å². The molecule has 11 saturated heterocycles. The van der Waals surface area contributed by atoms with Gasteiger partial charge >= 0.3 is 5.97 Å². The predicted molar refractivity (Wildman–Crippen MR) is 436 cm³/mol. The van der Waals surface area contributed by atoms with Gasteiger partial charge in [0.05, 0.1) is 84.3 Å². The number of amides is 5. The first-order valence-corrected chi connectivity index (χ1v) is 45.1. The van der Waals surface area contributed by atoms with Crippen LogP contribution in [0.4, 0.5) is 0 Å². The molecule has 0 aliphatic carbocycles. The Balaban J connectivity index is 0.920. The van der Waals surface area contributed by atoms with Gasteiger partial charge in [0.2, 0.25) is 29.5 Å². The summed E-state index contributed by atoms with van der Waals surface area (Å²) in [6.07, 6.45) is -111. The average Bonchev–Trinajstić information content (AvgIpc) is 0.804. The third kappa shape index (κ3) is 25.8. The summed E-state index contributed by atoms with van der Waals surface area (Å²) < 4.78 is 125. The first-order chi connectivity index (χ1) is 67.0. The fourth-order valence-corrected chi connectivity index (χ4v) is 18.4. The minimum absolute atomic E-state index is 0.840. The van der Waals surface area contributed by atoms with Crippen LogP contribution in [0.5, 0.6) is 0 Å². The van der Waals surface area contributed by atoms with Crippen molar-refractivity contribution >= 4 is 35.5 Å². The zero-order valence-electron chi connectivity index (χ0n) is 76.4. The van der Waals surface area contributed by atoms with Crippen LogP contribution in [-0.2, 0) is 128 Å². The van der Waals surface area contributed by atoms with Crippen molar-refractivity contribution < 1.29 is 287 Å². The van der Waals surface area contributed by atoms with E-state index in [9.17, 15) is 187 Å². The SMILES string of the molecule is CC(=O)N[C@@H]1[C@@H](O)[C@H](O[C@@H]2O[C@H](CO)[C@@H](O[C@@H]3O[C@H](CO[C@H]4O[C@H](CO)[C@@H](O)[C@H](O)[C@@H]4O[C@@H]4O[C@H](CO)[C@@H](O[C@@H]5O[C@H](CO)[C@H](O)[C@H](O)[C@H]5O)[C@H](O)[C@H]4NC(C)=O)[C@@H](O)[C@H](O[C@H]4O[C@H](CO)[C@@H](O)[C@H](O)[C@@H]4O[C@@H]4O[C@H](CO)[C@@H](O[C@@H]5O[C@H](CO)[C@H](O)[C@H](O[C@]6(C(=O)O)C[C@H](O)[C@@H](NC(C)=O)[C@H]([C@H](O)[C@H](O)CO)O6)[C@H]5O)[C@H](O)[C@H]4NC(C)=O)[C@@H]3O)[C@H](O)[C@H]2NC(C)=O)[C@@H](CO[C@@H]2O[C@@H](C)[C@@H](O)[C@@H](O)[C@@H]2O)O[C@@H]1O. The molecule has 0 aromatic heterocycles. The van der Waals surface area contributed by atoms with Crippen LogP contribution in [-0.4, -0.2) is 603 Å². The Morgan fingerprint density at radius 2 is 0.620 bits per heavy atom. The number of aliphatic carboxylic acids is 1. The van der Waals surface area contributed by atoms with E-state index in [1.807, 2.05) is 0 Å². The number of aliphatic hydroxyl groups is 30. The molecule has 0 aromatic rings. The molecule has 11 heterocycles. The van der Waals surface area contributed by atoms with E-state index in [4.69, 9.17) is 99.5 Å². The lowest BCUT2D eigenvalue weighted by atomic mass is 9.88. The molecular weight excluding hydrogens is 1950 g/mol. The highest BCUT2D eigenvalue weighted by Crippen LogP contribution is 2.44. The molecule has 0 radical (unpaired) electrons. The monoisotopic (exact) mass is 2080 g/mol. The third-order valence-electron chi connectivity index (χ3n) is 25.9. The topological polar surface area (TPSA) is 984 Å². The summed E-state index contributed by atoms with van der Waals surface area (Å²) in [5.41, 5.74) is 0. The van der Waals surface area contributed by atoms with Gasteiger partial charge in [-0.3, -0.25) is 24.0 Å². The predicted octanol–water partition coefficient (Wildman–Crippen LogP) is -24.0. The van der Waals surface area contributed by atoms with Gasteiger partial charge in [-0.25, -0.2) is 4.79 Å². The van der Waals surface area contributed by atoms with Crippen molar-refractivity contribution in [3.05, 3.63) is 0 Å². The Bertz CT molecular complexity index is 4010. The minimum atomic E-state index is -3.35. The Hall–Kier alpha value is -5.22. The number of carbonyl (C=O) groups is 6. The zero-order valence-corrected chi connectivity index (χ0v) is 76.4. The van der Waals surface area contributed by atoms with E-state index in [0.717, 1.165) is 34.6 Å². The molecule has 11 rings (SSSR count). The van der Waals surface area contributed by atoms with E-state index in [1.54, 1.807) is 0 Å². The number of hydrogen-bond donors (Lipinski definition) is 36. The molecule has 5 amide bonds. The Kier molecular flexibility index (Phi) is 41.7. The van der Waals surface area contributed by atoms with Gasteiger partial charge in [0.1, 0.15) is 256 Å². The molecule has 142 heavy (non-hydrogen) atoms. The number of rotatable bonds is 38. The van der Waals surface area contributed by atoms with Crippen molar-refractivity contribution in [2.45, 2.75) is 391 Å². The number of carboxylic acids is 1. The van der Waals surface area contributed by atoms with Crippen molar-refractivity contribution in [2.75, 3.05) is 66.1 Å². The molecular formula is C79H131N5O58. The first kappa shape index (κ1) is 117. The maximum Gasteiger partial charge on any atom is 0.364 e. The van der Waals surface area contributed by atoms with Crippen LogP contribution < -0.4 is 26.6 Å². The lowest BCUT2D eigenvalue weighted by Crippen LogP contribution is -2.71. The summed E-state index contributed by atoms with van der Waals surface area (Å²) in [7, 11) is 0. The van der Waals surface area contributed by atoms with Crippen molar-refractivity contribution in [3.63, 3.8) is 0 Å². The zero-order chi connectivity index (χ0) is 105. The average molecular weight is 2080 g/mol. The molecule has 820 valence electrons. The number of nitrogens with one attached hydrogen (secondary N) is 5. The normalized spacial score (nSPS) is 48.0. The summed E-state index contributed by atoms with van der Waals surface area (Å²) in [6, 6.07) is -9.82. The molecule has 11 aliphatic heterocycles. The second-order valence-electron chi connectivity index (χ2n) is 36.0. The minimum Gasteiger partial charge on any atom is -0.477 e. The lowest BCUT2D eigenvalue weighted by Gasteiger charge is -2.51. The Morgan fingerprint density at radius 1 is 0.303 bits per heavy atom. The maximum absolute atomic E-state index is 13.4. The molecule has 11 fully saturated rings. The molecule has 0 bridgehead atoms. The summed E-state index contributed by atoms with van der Waals surface area (Å²) in [4.78, 5) is 77.9. The molecule has 63 nitrogen and oxygen atoms in total. The van der Waals surface area contributed by atoms with E-state index < -0.39 is 451 Å². The number of hydrogen-bond acceptors (Lipinski definition) is 57. The summed E-state index contributed by atoms with van der Waals surface area (Å²) in [5.74, 6) is -10.4. The second-order valence-corrected chi connectivity index (χ2v) is 36.0. The van der Waals surface area contributed by atoms with Crippen LogP contribution >= 0.6 is 0 Å². The quantitative estimate of drug-likeness (QED) is 0.0273. The molecule has 0 aromatic carbocycles. The van der Waals surface area contributed by atoms with Crippen molar-refractivity contribution in [1.29, 1.82) is 0 Å². The fourth-order valence-electron chi connectivity index (χ4n) is 18.4. The lowest BCUT2D eigenvalue weighted by molar-refractivity contribution is -0.401. The number of carbonyl (C=O) groups excluding carboxylic acids is 5. The summed E-state index contributed by atoms with van der Waals surface area (Å²) in [5, 5.41) is 361. The van der Waals surface area contributed by atoms with E-state index in [0.29, 0.717) is 0 Å². The van der Waals surface area contributed by atoms with Gasteiger partial charge in [-0.1, -0.05) is 0 Å². The summed E-state index contributed by atoms with van der Waals surface area (Å²) in [6.45, 7) is -6.14. The van der Waals surface area contributed by atoms with E-state index in [-0.39, 0.29) is 0 Å². The van der Waals surface area contributed by atoms with Crippen LogP contribution in [0.25, 0.3) is 0 Å². The molecule has 0 unspecified atom stereocenters. The number of carboxylic acid groups (broad SMARTS) is 1. The van der Waals surface area contributed by atoms with Crippen LogP contribution in [0, 0.1) is 0 Å². The van der Waals surface area contributed by atoms with Crippen molar-refractivity contribution in [2.24, 2.45) is 0 Å². The van der Waals surface area contributed by atoms with Gasteiger partial charge in [0.25, 0.3) is 5.79 Å². The highest BCUT2D eigenvalue weighted by molar-refractivity contribution is 5.77. The van der Waals surface area contributed by atoms with Crippen LogP contribution in [0.1, 0.15) is 48.0 Å². The largest absolute Gasteiger partial charge is 0.477 e. The molecule has 56 atom stereocenters. The fraction of sp³-hybridized carbons (Fsp3) is 0.924. The summed E-state index contributed by atoms with van der Waals surface area (Å²) >= 11 is 0. The highest BCUT2D eigenvalue weighted by Gasteiger charge is 2.65. The molecule has 0 spiro atoms. The van der Waals surface area contributed by atoms with E-state index >= 15 is 0 Å². The van der Waals surface area contributed by atoms with Gasteiger partial charge in [-0.05, 0) is 6.92 Å². The maximum atomic E-state index is 13.4. The standard InChI is InChI=1S/C79H131N5O58/c1-18-40(100)51(111)55(115)72(124-18)122-17-34-62(47(107)36(68(119)125-34)81-20(3)94)134-69-37(82-21(4)95)48(108)60(31(14-91)130-69)136-74-57(117)64(46(106)33(133-74)16-123-76-66(53(113)43(103)27(10-87)128-76)139-70-38(83-22(5)96)49(109)59(30(13-90)131-70)135-73-56(116)52(112)42(102)26(9-86)126-73)138-77-67(54(114)44(104)28(11-88)129-77)140-71-39(84-23(6)97)50(110)61(32(15-92)132-71)137-75-58(118)65(45(105)29(12-89)127-75)142-79(78(120)121)7-24(98)35(80-19(2)93)63(141-79)41(101)25(99)8-85/h18,24-77,85-92,98-119H,7-17H2,1-6H3,(H,80,93)(H,81,94)(H,82,95)(H,83,96)(H,84,97)(H,120,121)/t18-,24-,25+,26+,27+,28+,29+,30+,31+,32+,33+,34+,35+,36+,37+,38+,39+,40+,41+,42-,43+,44+,45-,46+,47+,48+,49+,50+,51+,52-,53-,54-,55-,56+,57-,58+,59+,60+,61+,62+,63+,64-,65-,66-,67-,68-,69-,70-,71-,72+,73-,74-,75-,76-,77+,79-/m0/s1. The van der Waals surface area contributed by atoms with Gasteiger partial charge in [-0.2, -0.15) is 0 Å². The van der Waals surface area contributed by atoms with Crippen molar-refractivity contribution in [3.8, 4) is 0 Å². The highest BCUT2D eigenvalue weighted by atomic mass is 16.8. The first-order valence-electron chi connectivity index (χ1n) is 45.1. The van der Waals surface area contributed by atoms with Gasteiger partial charge in [0, 0.05) is 41.0 Å². The number of ether oxygens (including phenoxy) is 21. The molecule has 36 N–H and O–H groups in total. The van der Waals surface area contributed by atoms with E-state index in [2.05, 4.69) is 26.6 Å². The third-order valence-corrected chi connectivity index (χ3v) is 25.9. The van der Waals surface area contributed by atoms with Gasteiger partial charge in [-0.15, -0.1) is 0 Å². The number of aliphatic hydroxyl groups excluding tert-OH is 30. The second kappa shape index (κ2) is 50.6. The molecule has 63 heteroatoms. The van der Waals surface area contributed by atoms with Crippen molar-refractivity contribution in [1.82, 2.24) is 26.6 Å². The molecule has 0 saturated carbocycles. The van der Waals surface area contributed by atoms with Gasteiger partial charge < -0.3 is 284 Å². The Morgan fingerprint density at radius 3 is 1.06 bits per heavy atom. The Labute approximate surface area is 803 Å². The van der Waals surface area contributed by atoms with Crippen LogP contribution in [0.15, 0.2) is 0 Å². The van der Waals surface area contributed by atoms with E-state index in [1.165, 1.54) is 6.92 Å². The molecule has 11 aliphatic rings. The smallest absolute Gasteiger partial charge is 0.364 e.